The number of hydrogen-bond donors (Lipinski definition) is 0. The standard InChI is InChI=1S/C29H37FN2O/c1-4-5-6-7-8-9-23-10-12-25(13-11-23)29-31-19-26(20-32-29)24-14-16-28(17-15-24)33-21-27(30)18-22(2)3/h10-17,19-20,22,27H,4-9,18,21H2,1-3H3. The van der Waals surface area contributed by atoms with Gasteiger partial charge in [0.25, 0.3) is 0 Å². The first-order chi connectivity index (χ1) is 16.0. The maximum Gasteiger partial charge on any atom is 0.159 e. The van der Waals surface area contributed by atoms with Crippen LogP contribution in [0.3, 0.4) is 0 Å². The molecule has 0 saturated heterocycles. The van der Waals surface area contributed by atoms with E-state index in [0.717, 1.165) is 28.9 Å². The van der Waals surface area contributed by atoms with Crippen molar-refractivity contribution in [2.24, 2.45) is 5.92 Å². The number of aromatic nitrogens is 2. The number of nitrogens with zero attached hydrogens (tertiary/aromatic N) is 2. The molecule has 3 rings (SSSR count). The second-order valence-corrected chi connectivity index (χ2v) is 9.22. The molecule has 1 atom stereocenters. The largest absolute Gasteiger partial charge is 0.491 e. The number of alkyl halides is 1. The van der Waals surface area contributed by atoms with E-state index in [1.165, 1.54) is 37.7 Å². The quantitative estimate of drug-likeness (QED) is 0.248. The second-order valence-electron chi connectivity index (χ2n) is 9.22. The lowest BCUT2D eigenvalue weighted by Crippen LogP contribution is -2.15. The van der Waals surface area contributed by atoms with Crippen molar-refractivity contribution in [3.05, 3.63) is 66.5 Å². The van der Waals surface area contributed by atoms with Gasteiger partial charge in [0.2, 0.25) is 0 Å². The van der Waals surface area contributed by atoms with Crippen LogP contribution >= 0.6 is 0 Å². The van der Waals surface area contributed by atoms with Crippen molar-refractivity contribution >= 4 is 0 Å². The van der Waals surface area contributed by atoms with Crippen molar-refractivity contribution in [2.75, 3.05) is 6.61 Å². The van der Waals surface area contributed by atoms with Gasteiger partial charge in [0.15, 0.2) is 5.82 Å². The van der Waals surface area contributed by atoms with Crippen LogP contribution < -0.4 is 4.74 Å². The summed E-state index contributed by atoms with van der Waals surface area (Å²) in [6.07, 6.45) is 10.9. The zero-order valence-corrected chi connectivity index (χ0v) is 20.3. The summed E-state index contributed by atoms with van der Waals surface area (Å²) < 4.78 is 19.4. The molecular formula is C29H37FN2O. The Labute approximate surface area is 198 Å². The first-order valence-electron chi connectivity index (χ1n) is 12.3. The fourth-order valence-electron chi connectivity index (χ4n) is 3.89. The molecule has 0 fully saturated rings. The van der Waals surface area contributed by atoms with Gasteiger partial charge in [0, 0.05) is 23.5 Å². The Hall–Kier alpha value is -2.75. The van der Waals surface area contributed by atoms with Crippen LogP contribution in [0.25, 0.3) is 22.5 Å². The molecule has 0 spiro atoms. The first kappa shape index (κ1) is 24.9. The second kappa shape index (κ2) is 13.1. The molecular weight excluding hydrogens is 411 g/mol. The molecule has 33 heavy (non-hydrogen) atoms. The van der Waals surface area contributed by atoms with Crippen LogP contribution in [0.2, 0.25) is 0 Å². The highest BCUT2D eigenvalue weighted by atomic mass is 19.1. The molecule has 0 amide bonds. The third-order valence-corrected chi connectivity index (χ3v) is 5.78. The lowest BCUT2D eigenvalue weighted by Gasteiger charge is -2.12. The number of halogens is 1. The zero-order chi connectivity index (χ0) is 23.5. The van der Waals surface area contributed by atoms with Gasteiger partial charge in [-0.25, -0.2) is 14.4 Å². The Morgan fingerprint density at radius 3 is 2.06 bits per heavy atom. The molecule has 1 aromatic heterocycles. The summed E-state index contributed by atoms with van der Waals surface area (Å²) >= 11 is 0. The van der Waals surface area contributed by atoms with Gasteiger partial charge in [-0.15, -0.1) is 0 Å². The lowest BCUT2D eigenvalue weighted by molar-refractivity contribution is 0.174. The average molecular weight is 449 g/mol. The van der Waals surface area contributed by atoms with Crippen molar-refractivity contribution in [2.45, 2.75) is 71.9 Å². The fourth-order valence-corrected chi connectivity index (χ4v) is 3.89. The smallest absolute Gasteiger partial charge is 0.159 e. The Bertz CT molecular complexity index is 937. The highest BCUT2D eigenvalue weighted by molar-refractivity contribution is 5.64. The van der Waals surface area contributed by atoms with Crippen molar-refractivity contribution in [1.82, 2.24) is 9.97 Å². The van der Waals surface area contributed by atoms with Crippen LogP contribution in [0, 0.1) is 5.92 Å². The Morgan fingerprint density at radius 2 is 1.42 bits per heavy atom. The highest BCUT2D eigenvalue weighted by Crippen LogP contribution is 2.24. The molecule has 176 valence electrons. The molecule has 3 nitrogen and oxygen atoms in total. The van der Waals surface area contributed by atoms with Crippen molar-refractivity contribution in [3.63, 3.8) is 0 Å². The number of rotatable bonds is 13. The molecule has 3 aromatic rings. The molecule has 0 bridgehead atoms. The van der Waals surface area contributed by atoms with E-state index in [1.807, 2.05) is 50.5 Å². The SMILES string of the molecule is CCCCCCCc1ccc(-c2ncc(-c3ccc(OCC(F)CC(C)C)cc3)cn2)cc1. The predicted octanol–water partition coefficient (Wildman–Crippen LogP) is 8.09. The van der Waals surface area contributed by atoms with Crippen LogP contribution in [0.1, 0.15) is 64.9 Å². The number of unbranched alkanes of at least 4 members (excludes halogenated alkanes) is 4. The fraction of sp³-hybridized carbons (Fsp3) is 0.448. The third kappa shape index (κ3) is 8.27. The molecule has 0 radical (unpaired) electrons. The molecule has 0 N–H and O–H groups in total. The predicted molar refractivity (Wildman–Crippen MR) is 135 cm³/mol. The molecule has 0 aliphatic heterocycles. The van der Waals surface area contributed by atoms with E-state index >= 15 is 0 Å². The van der Waals surface area contributed by atoms with Crippen LogP contribution in [-0.4, -0.2) is 22.7 Å². The van der Waals surface area contributed by atoms with Crippen LogP contribution in [0.15, 0.2) is 60.9 Å². The van der Waals surface area contributed by atoms with Gasteiger partial charge in [-0.1, -0.05) is 82.9 Å². The molecule has 0 saturated carbocycles. The van der Waals surface area contributed by atoms with E-state index in [2.05, 4.69) is 41.2 Å². The summed E-state index contributed by atoms with van der Waals surface area (Å²) in [4.78, 5) is 9.14. The normalized spacial score (nSPS) is 12.2. The summed E-state index contributed by atoms with van der Waals surface area (Å²) in [5.74, 6) is 1.73. The van der Waals surface area contributed by atoms with E-state index in [1.54, 1.807) is 0 Å². The van der Waals surface area contributed by atoms with E-state index in [0.29, 0.717) is 18.1 Å². The molecule has 2 aromatic carbocycles. The topological polar surface area (TPSA) is 35.0 Å². The van der Waals surface area contributed by atoms with Crippen LogP contribution in [0.4, 0.5) is 4.39 Å². The third-order valence-electron chi connectivity index (χ3n) is 5.78. The lowest BCUT2D eigenvalue weighted by atomic mass is 10.0. The van der Waals surface area contributed by atoms with Gasteiger partial charge in [-0.05, 0) is 48.4 Å². The van der Waals surface area contributed by atoms with E-state index < -0.39 is 6.17 Å². The van der Waals surface area contributed by atoms with Gasteiger partial charge in [0.05, 0.1) is 0 Å². The molecule has 0 aliphatic carbocycles. The van der Waals surface area contributed by atoms with Crippen LogP contribution in [0.5, 0.6) is 5.75 Å². The maximum absolute atomic E-state index is 13.8. The Kier molecular flexibility index (Phi) is 9.86. The summed E-state index contributed by atoms with van der Waals surface area (Å²) in [6, 6.07) is 16.2. The average Bonchev–Trinajstić information content (AvgIpc) is 2.83. The van der Waals surface area contributed by atoms with E-state index in [-0.39, 0.29) is 6.61 Å². The van der Waals surface area contributed by atoms with Gasteiger partial charge in [-0.2, -0.15) is 0 Å². The number of benzene rings is 2. The Balaban J connectivity index is 1.53. The molecule has 1 heterocycles. The monoisotopic (exact) mass is 448 g/mol. The minimum absolute atomic E-state index is 0.0903. The van der Waals surface area contributed by atoms with Crippen LogP contribution in [-0.2, 0) is 6.42 Å². The first-order valence-corrected chi connectivity index (χ1v) is 12.3. The number of aryl methyl sites for hydroxylation is 1. The molecule has 0 aliphatic rings. The van der Waals surface area contributed by atoms with Gasteiger partial charge in [-0.3, -0.25) is 0 Å². The minimum atomic E-state index is -0.939. The molecule has 1 unspecified atom stereocenters. The van der Waals surface area contributed by atoms with E-state index in [9.17, 15) is 4.39 Å². The van der Waals surface area contributed by atoms with Gasteiger partial charge in [0.1, 0.15) is 18.5 Å². The summed E-state index contributed by atoms with van der Waals surface area (Å²) in [7, 11) is 0. The Morgan fingerprint density at radius 1 is 0.788 bits per heavy atom. The summed E-state index contributed by atoms with van der Waals surface area (Å²) in [6.45, 7) is 6.37. The molecule has 4 heteroatoms. The van der Waals surface area contributed by atoms with Crippen molar-refractivity contribution in [3.8, 4) is 28.3 Å². The highest BCUT2D eigenvalue weighted by Gasteiger charge is 2.10. The van der Waals surface area contributed by atoms with Crippen molar-refractivity contribution < 1.29 is 9.13 Å². The summed E-state index contributed by atoms with van der Waals surface area (Å²) in [5, 5.41) is 0. The maximum atomic E-state index is 13.8. The van der Waals surface area contributed by atoms with Gasteiger partial charge < -0.3 is 4.74 Å². The van der Waals surface area contributed by atoms with Crippen molar-refractivity contribution in [1.29, 1.82) is 0 Å². The zero-order valence-electron chi connectivity index (χ0n) is 20.3. The van der Waals surface area contributed by atoms with E-state index in [4.69, 9.17) is 4.74 Å². The number of ether oxygens (including phenoxy) is 1. The minimum Gasteiger partial charge on any atom is -0.491 e. The summed E-state index contributed by atoms with van der Waals surface area (Å²) in [5.41, 5.74) is 4.35. The number of hydrogen-bond acceptors (Lipinski definition) is 3. The van der Waals surface area contributed by atoms with Gasteiger partial charge >= 0.3 is 0 Å².